The van der Waals surface area contributed by atoms with Gasteiger partial charge in [-0.25, -0.2) is 4.39 Å². The van der Waals surface area contributed by atoms with Crippen LogP contribution in [0.4, 0.5) is 10.1 Å². The number of halogens is 1. The fraction of sp³-hybridized carbons (Fsp3) is 0.259. The minimum Gasteiger partial charge on any atom is -0.454 e. The molecular formula is C27H26FNO2. The summed E-state index contributed by atoms with van der Waals surface area (Å²) in [6, 6.07) is 16.8. The molecule has 0 radical (unpaired) electrons. The number of hydrogen-bond donors (Lipinski definition) is 2. The average Bonchev–Trinajstić information content (AvgIpc) is 2.69. The van der Waals surface area contributed by atoms with Crippen LogP contribution in [0.25, 0.3) is 16.7 Å². The molecule has 4 heteroatoms. The molecule has 2 heterocycles. The third-order valence-electron chi connectivity index (χ3n) is 6.24. The van der Waals surface area contributed by atoms with E-state index in [0.717, 1.165) is 33.5 Å². The lowest BCUT2D eigenvalue weighted by atomic mass is 9.79. The second kappa shape index (κ2) is 6.69. The van der Waals surface area contributed by atoms with Gasteiger partial charge in [0.05, 0.1) is 5.54 Å². The number of hydrogen-bond acceptors (Lipinski definition) is 3. The van der Waals surface area contributed by atoms with E-state index in [1.54, 1.807) is 6.07 Å². The van der Waals surface area contributed by atoms with E-state index in [2.05, 4.69) is 32.2 Å². The first-order valence-corrected chi connectivity index (χ1v) is 10.6. The molecule has 0 spiro atoms. The molecule has 2 aliphatic heterocycles. The highest BCUT2D eigenvalue weighted by molar-refractivity contribution is 5.90. The van der Waals surface area contributed by atoms with Gasteiger partial charge in [0.25, 0.3) is 0 Å². The standard InChI is InChI=1S/C27H26FNO2/c1-16-8-5-6-9-18(16)15-27(30)24-19(20-10-7-11-21(28)25(20)31-27)12-13-22-23(24)17(2)14-26(3,4)29-22/h5-14,29-30H,15H2,1-4H3. The summed E-state index contributed by atoms with van der Waals surface area (Å²) in [5.41, 5.74) is 6.85. The van der Waals surface area contributed by atoms with E-state index >= 15 is 0 Å². The summed E-state index contributed by atoms with van der Waals surface area (Å²) in [7, 11) is 0. The molecule has 158 valence electrons. The van der Waals surface area contributed by atoms with Crippen LogP contribution in [0.1, 0.15) is 43.0 Å². The molecular weight excluding hydrogens is 389 g/mol. The first-order chi connectivity index (χ1) is 14.7. The van der Waals surface area contributed by atoms with E-state index < -0.39 is 11.6 Å². The molecule has 2 N–H and O–H groups in total. The maximum Gasteiger partial charge on any atom is 0.240 e. The fourth-order valence-electron chi connectivity index (χ4n) is 4.98. The highest BCUT2D eigenvalue weighted by Gasteiger charge is 2.44. The summed E-state index contributed by atoms with van der Waals surface area (Å²) < 4.78 is 20.9. The van der Waals surface area contributed by atoms with Gasteiger partial charge in [-0.3, -0.25) is 0 Å². The minimum absolute atomic E-state index is 0.0942. The summed E-state index contributed by atoms with van der Waals surface area (Å²) in [4.78, 5) is 0. The van der Waals surface area contributed by atoms with Crippen molar-refractivity contribution in [3.05, 3.63) is 88.7 Å². The molecule has 3 aromatic rings. The molecule has 3 nitrogen and oxygen atoms in total. The van der Waals surface area contributed by atoms with Crippen molar-refractivity contribution in [2.45, 2.75) is 45.4 Å². The summed E-state index contributed by atoms with van der Waals surface area (Å²) >= 11 is 0. The zero-order valence-electron chi connectivity index (χ0n) is 18.2. The van der Waals surface area contributed by atoms with Crippen LogP contribution in [0.5, 0.6) is 5.75 Å². The first-order valence-electron chi connectivity index (χ1n) is 10.6. The monoisotopic (exact) mass is 415 g/mol. The molecule has 0 aromatic heterocycles. The summed E-state index contributed by atoms with van der Waals surface area (Å²) in [6.45, 7) is 8.28. The zero-order chi connectivity index (χ0) is 22.0. The van der Waals surface area contributed by atoms with Gasteiger partial charge in [-0.05, 0) is 62.1 Å². The highest BCUT2D eigenvalue weighted by atomic mass is 19.1. The Morgan fingerprint density at radius 1 is 0.968 bits per heavy atom. The quantitative estimate of drug-likeness (QED) is 0.524. The minimum atomic E-state index is -1.71. The number of rotatable bonds is 2. The van der Waals surface area contributed by atoms with Crippen LogP contribution in [0.3, 0.4) is 0 Å². The number of aliphatic hydroxyl groups is 1. The van der Waals surface area contributed by atoms with Crippen molar-refractivity contribution < 1.29 is 14.2 Å². The van der Waals surface area contributed by atoms with Crippen molar-refractivity contribution in [1.82, 2.24) is 0 Å². The van der Waals surface area contributed by atoms with Gasteiger partial charge in [0, 0.05) is 28.8 Å². The third kappa shape index (κ3) is 3.14. The van der Waals surface area contributed by atoms with E-state index in [1.807, 2.05) is 49.4 Å². The lowest BCUT2D eigenvalue weighted by molar-refractivity contribution is -0.148. The van der Waals surface area contributed by atoms with Gasteiger partial charge in [-0.15, -0.1) is 0 Å². The smallest absolute Gasteiger partial charge is 0.240 e. The average molecular weight is 416 g/mol. The first kappa shape index (κ1) is 19.8. The highest BCUT2D eigenvalue weighted by Crippen LogP contribution is 2.52. The van der Waals surface area contributed by atoms with Crippen molar-refractivity contribution in [2.75, 3.05) is 5.32 Å². The van der Waals surface area contributed by atoms with E-state index in [9.17, 15) is 9.50 Å². The Labute approximate surface area is 182 Å². The Morgan fingerprint density at radius 3 is 2.52 bits per heavy atom. The van der Waals surface area contributed by atoms with Gasteiger partial charge < -0.3 is 15.2 Å². The van der Waals surface area contributed by atoms with E-state index in [4.69, 9.17) is 4.74 Å². The number of allylic oxidation sites excluding steroid dienone is 1. The predicted octanol–water partition coefficient (Wildman–Crippen LogP) is 6.19. The third-order valence-corrected chi connectivity index (χ3v) is 6.24. The molecule has 3 aromatic carbocycles. The van der Waals surface area contributed by atoms with Crippen molar-refractivity contribution in [1.29, 1.82) is 0 Å². The van der Waals surface area contributed by atoms with Crippen molar-refractivity contribution in [3.8, 4) is 16.9 Å². The predicted molar refractivity (Wildman–Crippen MR) is 123 cm³/mol. The number of ether oxygens (including phenoxy) is 1. The van der Waals surface area contributed by atoms with Gasteiger partial charge in [0.2, 0.25) is 5.79 Å². The Balaban J connectivity index is 1.80. The molecule has 0 aliphatic carbocycles. The lowest BCUT2D eigenvalue weighted by Crippen LogP contribution is -2.41. The molecule has 1 atom stereocenters. The largest absolute Gasteiger partial charge is 0.454 e. The van der Waals surface area contributed by atoms with Crippen LogP contribution < -0.4 is 10.1 Å². The Bertz CT molecular complexity index is 1240. The number of anilines is 1. The number of para-hydroxylation sites is 1. The summed E-state index contributed by atoms with van der Waals surface area (Å²) in [6.07, 6.45) is 2.37. The van der Waals surface area contributed by atoms with Gasteiger partial charge in [-0.2, -0.15) is 0 Å². The normalized spacial score (nSPS) is 20.5. The van der Waals surface area contributed by atoms with Crippen LogP contribution in [0, 0.1) is 12.7 Å². The van der Waals surface area contributed by atoms with Crippen molar-refractivity contribution >= 4 is 11.3 Å². The lowest BCUT2D eigenvalue weighted by Gasteiger charge is -2.41. The van der Waals surface area contributed by atoms with Gasteiger partial charge in [-0.1, -0.05) is 48.5 Å². The second-order valence-electron chi connectivity index (χ2n) is 9.19. The molecule has 0 saturated carbocycles. The van der Waals surface area contributed by atoms with Gasteiger partial charge in [0.1, 0.15) is 0 Å². The van der Waals surface area contributed by atoms with Crippen LogP contribution >= 0.6 is 0 Å². The molecule has 2 aliphatic rings. The molecule has 31 heavy (non-hydrogen) atoms. The molecule has 0 bridgehead atoms. The molecule has 0 fully saturated rings. The fourth-order valence-corrected chi connectivity index (χ4v) is 4.98. The van der Waals surface area contributed by atoms with E-state index in [-0.39, 0.29) is 17.7 Å². The number of fused-ring (bicyclic) bond motifs is 5. The topological polar surface area (TPSA) is 41.5 Å². The Kier molecular flexibility index (Phi) is 4.28. The van der Waals surface area contributed by atoms with Gasteiger partial charge >= 0.3 is 0 Å². The summed E-state index contributed by atoms with van der Waals surface area (Å²) in [5.74, 6) is -2.09. The number of benzene rings is 3. The van der Waals surface area contributed by atoms with Crippen LogP contribution in [-0.2, 0) is 12.2 Å². The van der Waals surface area contributed by atoms with Crippen molar-refractivity contribution in [2.24, 2.45) is 0 Å². The zero-order valence-corrected chi connectivity index (χ0v) is 18.2. The summed E-state index contributed by atoms with van der Waals surface area (Å²) in [5, 5.41) is 15.6. The maximum atomic E-state index is 14.8. The molecule has 5 rings (SSSR count). The second-order valence-corrected chi connectivity index (χ2v) is 9.19. The van der Waals surface area contributed by atoms with E-state index in [1.165, 1.54) is 6.07 Å². The Morgan fingerprint density at radius 2 is 1.74 bits per heavy atom. The SMILES string of the molecule is CC1=CC(C)(C)Nc2ccc3c(c21)C(O)(Cc1ccccc1C)Oc1c(F)cccc1-3. The van der Waals surface area contributed by atoms with Gasteiger partial charge in [0.15, 0.2) is 11.6 Å². The molecule has 1 unspecified atom stereocenters. The number of aryl methyl sites for hydroxylation is 1. The Hall–Kier alpha value is -3.11. The molecule has 0 saturated heterocycles. The van der Waals surface area contributed by atoms with Crippen LogP contribution in [0.2, 0.25) is 0 Å². The van der Waals surface area contributed by atoms with Crippen molar-refractivity contribution in [3.63, 3.8) is 0 Å². The molecule has 0 amide bonds. The number of nitrogens with one attached hydrogen (secondary N) is 1. The maximum absolute atomic E-state index is 14.8. The van der Waals surface area contributed by atoms with Crippen LogP contribution in [0.15, 0.2) is 60.7 Å². The van der Waals surface area contributed by atoms with Crippen LogP contribution in [-0.4, -0.2) is 10.6 Å². The van der Waals surface area contributed by atoms with E-state index in [0.29, 0.717) is 11.1 Å².